The fourth-order valence-corrected chi connectivity index (χ4v) is 4.37. The van der Waals surface area contributed by atoms with E-state index < -0.39 is 35.9 Å². The van der Waals surface area contributed by atoms with Gasteiger partial charge in [-0.25, -0.2) is 4.79 Å². The monoisotopic (exact) mass is 507 g/mol. The van der Waals surface area contributed by atoms with Gasteiger partial charge in [0.25, 0.3) is 0 Å². The molecule has 0 aliphatic carbocycles. The number of hydrogen-bond acceptors (Lipinski definition) is 4. The summed E-state index contributed by atoms with van der Waals surface area (Å²) in [7, 11) is 1.72. The van der Waals surface area contributed by atoms with Gasteiger partial charge in [-0.05, 0) is 37.6 Å². The van der Waals surface area contributed by atoms with E-state index in [0.29, 0.717) is 36.5 Å². The number of alkyl halides is 3. The van der Waals surface area contributed by atoms with E-state index in [1.807, 2.05) is 12.1 Å². The largest absolute Gasteiger partial charge is 0.451 e. The van der Waals surface area contributed by atoms with E-state index in [2.05, 4.69) is 5.32 Å². The zero-order chi connectivity index (χ0) is 25.2. The summed E-state index contributed by atoms with van der Waals surface area (Å²) in [5.41, 5.74) is 0.916. The molecule has 2 N–H and O–H groups in total. The Bertz CT molecular complexity index is 1150. The van der Waals surface area contributed by atoms with Crippen LogP contribution in [0.15, 0.2) is 65.1 Å². The first-order valence-electron chi connectivity index (χ1n) is 11.1. The number of rotatable bonds is 6. The summed E-state index contributed by atoms with van der Waals surface area (Å²) in [4.78, 5) is 16.1. The van der Waals surface area contributed by atoms with Crippen LogP contribution in [0, 0.1) is 0 Å². The first-order chi connectivity index (χ1) is 16.6. The molecule has 1 aliphatic heterocycles. The van der Waals surface area contributed by atoms with Crippen molar-refractivity contribution in [3.05, 3.63) is 77.0 Å². The van der Waals surface area contributed by atoms with Gasteiger partial charge in [-0.3, -0.25) is 4.90 Å². The van der Waals surface area contributed by atoms with Crippen LogP contribution < -0.4 is 5.32 Å². The van der Waals surface area contributed by atoms with E-state index in [1.165, 1.54) is 11.0 Å². The van der Waals surface area contributed by atoms with Crippen LogP contribution in [-0.4, -0.2) is 46.8 Å². The Morgan fingerprint density at radius 3 is 2.57 bits per heavy atom. The number of likely N-dealkylation sites (N-methyl/N-ethyl adjacent to an activating group) is 1. The molecule has 6 nitrogen and oxygen atoms in total. The molecule has 186 valence electrons. The van der Waals surface area contributed by atoms with Gasteiger partial charge >= 0.3 is 12.2 Å². The van der Waals surface area contributed by atoms with Crippen LogP contribution in [-0.2, 0) is 12.7 Å². The Morgan fingerprint density at radius 2 is 1.91 bits per heavy atom. The number of urea groups is 1. The van der Waals surface area contributed by atoms with Crippen molar-refractivity contribution >= 4 is 23.3 Å². The van der Waals surface area contributed by atoms with Gasteiger partial charge in [0.05, 0.1) is 11.7 Å². The zero-order valence-electron chi connectivity index (χ0n) is 18.9. The standard InChI is InChI=1S/C25H25ClF3N3O3/c1-31(15-16-9-11-18(26)12-10-16)23(33)20-8-5-13-32(20)24(34)30-19-14-21(17-6-3-2-4-7-17)35-22(19)25(27,28)29/h2-4,6-7,9-12,14,20,23,33H,5,8,13,15H2,1H3,(H,30,34)/t20-,23?/m1/s1. The number of hydrogen-bond donors (Lipinski definition) is 2. The summed E-state index contributed by atoms with van der Waals surface area (Å²) in [5, 5.41) is 13.9. The van der Waals surface area contributed by atoms with Gasteiger partial charge in [-0.1, -0.05) is 54.1 Å². The maximum Gasteiger partial charge on any atom is 0.451 e. The first kappa shape index (κ1) is 25.1. The molecule has 1 aromatic heterocycles. The second kappa shape index (κ2) is 10.3. The van der Waals surface area contributed by atoms with Gasteiger partial charge in [0, 0.05) is 29.7 Å². The van der Waals surface area contributed by atoms with E-state index in [9.17, 15) is 23.1 Å². The van der Waals surface area contributed by atoms with Gasteiger partial charge in [0.1, 0.15) is 12.0 Å². The smallest absolute Gasteiger partial charge is 0.449 e. The lowest BCUT2D eigenvalue weighted by atomic mass is 10.1. The third-order valence-electron chi connectivity index (χ3n) is 5.99. The predicted octanol–water partition coefficient (Wildman–Crippen LogP) is 6.07. The molecule has 2 atom stereocenters. The molecule has 3 aromatic rings. The summed E-state index contributed by atoms with van der Waals surface area (Å²) in [6.45, 7) is 0.720. The van der Waals surface area contributed by atoms with Gasteiger partial charge in [0.2, 0.25) is 5.76 Å². The number of carbonyl (C=O) groups excluding carboxylic acids is 1. The molecular formula is C25H25ClF3N3O3. The third kappa shape index (κ3) is 5.80. The van der Waals surface area contributed by atoms with Gasteiger partial charge in [0.15, 0.2) is 0 Å². The maximum atomic E-state index is 13.6. The van der Waals surface area contributed by atoms with Gasteiger partial charge < -0.3 is 19.7 Å². The fourth-order valence-electron chi connectivity index (χ4n) is 4.25. The van der Waals surface area contributed by atoms with Crippen LogP contribution in [0.25, 0.3) is 11.3 Å². The van der Waals surface area contributed by atoms with E-state index in [4.69, 9.17) is 16.0 Å². The molecule has 2 amide bonds. The molecule has 10 heteroatoms. The number of aliphatic hydroxyl groups is 1. The highest BCUT2D eigenvalue weighted by molar-refractivity contribution is 6.30. The molecule has 0 radical (unpaired) electrons. The van der Waals surface area contributed by atoms with E-state index in [0.717, 1.165) is 5.56 Å². The molecule has 1 aliphatic rings. The molecule has 1 unspecified atom stereocenters. The van der Waals surface area contributed by atoms with Crippen molar-refractivity contribution in [3.63, 3.8) is 0 Å². The van der Waals surface area contributed by atoms with Gasteiger partial charge in [-0.2, -0.15) is 13.2 Å². The van der Waals surface area contributed by atoms with Crippen molar-refractivity contribution < 1.29 is 27.5 Å². The SMILES string of the molecule is CN(Cc1ccc(Cl)cc1)C(O)[C@H]1CCCN1C(=O)Nc1cc(-c2ccccc2)oc1C(F)(F)F. The highest BCUT2D eigenvalue weighted by atomic mass is 35.5. The summed E-state index contributed by atoms with van der Waals surface area (Å²) in [5.74, 6) is -1.28. The number of carbonyl (C=O) groups is 1. The quantitative estimate of drug-likeness (QED) is 0.398. The Kier molecular flexibility index (Phi) is 7.39. The Morgan fingerprint density at radius 1 is 1.23 bits per heavy atom. The predicted molar refractivity (Wildman–Crippen MR) is 127 cm³/mol. The molecule has 0 spiro atoms. The number of nitrogens with zero attached hydrogens (tertiary/aromatic N) is 2. The molecule has 1 saturated heterocycles. The third-order valence-corrected chi connectivity index (χ3v) is 6.24. The van der Waals surface area contributed by atoms with Crippen LogP contribution in [0.5, 0.6) is 0 Å². The second-order valence-electron chi connectivity index (χ2n) is 8.51. The minimum atomic E-state index is -4.79. The lowest BCUT2D eigenvalue weighted by molar-refractivity contribution is -0.151. The minimum absolute atomic E-state index is 0.00562. The maximum absolute atomic E-state index is 13.6. The van der Waals surface area contributed by atoms with Crippen LogP contribution in [0.3, 0.4) is 0 Å². The van der Waals surface area contributed by atoms with Crippen LogP contribution in [0.2, 0.25) is 5.02 Å². The lowest BCUT2D eigenvalue weighted by Crippen LogP contribution is -2.50. The molecule has 4 rings (SSSR count). The Balaban J connectivity index is 1.50. The Hall–Kier alpha value is -3.01. The summed E-state index contributed by atoms with van der Waals surface area (Å²) in [6.07, 6.45) is -4.66. The van der Waals surface area contributed by atoms with Gasteiger partial charge in [-0.15, -0.1) is 0 Å². The van der Waals surface area contributed by atoms with E-state index in [1.54, 1.807) is 54.4 Å². The Labute approximate surface area is 205 Å². The average molecular weight is 508 g/mol. The van der Waals surface area contributed by atoms with Crippen LogP contribution in [0.1, 0.15) is 24.2 Å². The zero-order valence-corrected chi connectivity index (χ0v) is 19.7. The summed E-state index contributed by atoms with van der Waals surface area (Å²) >= 11 is 5.92. The number of amides is 2. The highest BCUT2D eigenvalue weighted by Crippen LogP contribution is 2.40. The number of likely N-dealkylation sites (tertiary alicyclic amines) is 1. The highest BCUT2D eigenvalue weighted by Gasteiger charge is 2.41. The molecular weight excluding hydrogens is 483 g/mol. The lowest BCUT2D eigenvalue weighted by Gasteiger charge is -2.34. The van der Waals surface area contributed by atoms with E-state index in [-0.39, 0.29) is 5.76 Å². The normalized spacial score (nSPS) is 17.1. The molecule has 0 saturated carbocycles. The van der Waals surface area contributed by atoms with Crippen molar-refractivity contribution in [2.45, 2.75) is 37.8 Å². The number of aliphatic hydroxyl groups excluding tert-OH is 1. The number of halogens is 4. The number of benzene rings is 2. The summed E-state index contributed by atoms with van der Waals surface area (Å²) < 4.78 is 46.0. The minimum Gasteiger partial charge on any atom is -0.449 e. The van der Waals surface area contributed by atoms with Crippen molar-refractivity contribution in [2.24, 2.45) is 0 Å². The van der Waals surface area contributed by atoms with Crippen LogP contribution in [0.4, 0.5) is 23.7 Å². The van der Waals surface area contributed by atoms with E-state index >= 15 is 0 Å². The van der Waals surface area contributed by atoms with Crippen molar-refractivity contribution in [1.29, 1.82) is 0 Å². The topological polar surface area (TPSA) is 69.0 Å². The number of furan rings is 1. The van der Waals surface area contributed by atoms with Crippen LogP contribution >= 0.6 is 11.6 Å². The van der Waals surface area contributed by atoms with Crippen molar-refractivity contribution in [1.82, 2.24) is 9.80 Å². The second-order valence-corrected chi connectivity index (χ2v) is 8.94. The average Bonchev–Trinajstić information content (AvgIpc) is 3.48. The number of nitrogens with one attached hydrogen (secondary N) is 1. The van der Waals surface area contributed by atoms with Crippen molar-refractivity contribution in [3.8, 4) is 11.3 Å². The molecule has 2 aromatic carbocycles. The molecule has 0 bridgehead atoms. The fraction of sp³-hybridized carbons (Fsp3) is 0.320. The van der Waals surface area contributed by atoms with Crippen molar-refractivity contribution in [2.75, 3.05) is 18.9 Å². The molecule has 1 fully saturated rings. The molecule has 2 heterocycles. The number of anilines is 1. The first-order valence-corrected chi connectivity index (χ1v) is 11.5. The summed E-state index contributed by atoms with van der Waals surface area (Å²) in [6, 6.07) is 15.4. The molecule has 35 heavy (non-hydrogen) atoms.